The summed E-state index contributed by atoms with van der Waals surface area (Å²) in [6.45, 7) is 0. The fraction of sp³-hybridized carbons (Fsp3) is 0.0714. The highest BCUT2D eigenvalue weighted by molar-refractivity contribution is 9.10. The average molecular weight is 364 g/mol. The SMILES string of the molecule is O=S(Cc1cccnc1)c1nnc(-c2cccc(Br)c2)o1. The van der Waals surface area contributed by atoms with Crippen molar-refractivity contribution in [3.8, 4) is 11.5 Å². The molecule has 3 aromatic rings. The minimum absolute atomic E-state index is 0.119. The van der Waals surface area contributed by atoms with Gasteiger partial charge in [-0.3, -0.25) is 4.98 Å². The summed E-state index contributed by atoms with van der Waals surface area (Å²) in [4.78, 5) is 3.99. The summed E-state index contributed by atoms with van der Waals surface area (Å²) in [6.07, 6.45) is 3.34. The lowest BCUT2D eigenvalue weighted by molar-refractivity contribution is 0.455. The summed E-state index contributed by atoms with van der Waals surface area (Å²) >= 11 is 3.38. The molecule has 0 aliphatic carbocycles. The molecule has 0 radical (unpaired) electrons. The van der Waals surface area contributed by atoms with Crippen LogP contribution in [-0.2, 0) is 16.6 Å². The average Bonchev–Trinajstić information content (AvgIpc) is 2.98. The minimum atomic E-state index is -1.38. The first-order valence-electron chi connectivity index (χ1n) is 6.09. The number of nitrogens with zero attached hydrogens (tertiary/aromatic N) is 3. The van der Waals surface area contributed by atoms with Crippen LogP contribution >= 0.6 is 15.9 Å². The highest BCUT2D eigenvalue weighted by Gasteiger charge is 2.15. The number of benzene rings is 1. The van der Waals surface area contributed by atoms with Crippen molar-refractivity contribution >= 4 is 26.7 Å². The second kappa shape index (κ2) is 6.28. The van der Waals surface area contributed by atoms with Crippen LogP contribution in [0.3, 0.4) is 0 Å². The van der Waals surface area contributed by atoms with Gasteiger partial charge in [0, 0.05) is 22.4 Å². The first-order chi connectivity index (χ1) is 10.2. The van der Waals surface area contributed by atoms with Gasteiger partial charge in [0.1, 0.15) is 10.8 Å². The van der Waals surface area contributed by atoms with Crippen molar-refractivity contribution in [1.82, 2.24) is 15.2 Å². The van der Waals surface area contributed by atoms with E-state index in [1.807, 2.05) is 30.3 Å². The maximum atomic E-state index is 12.2. The fourth-order valence-corrected chi connectivity index (χ4v) is 3.04. The Bertz CT molecular complexity index is 777. The molecule has 7 heteroatoms. The van der Waals surface area contributed by atoms with Crippen molar-refractivity contribution in [3.05, 3.63) is 58.8 Å². The van der Waals surface area contributed by atoms with E-state index in [1.165, 1.54) is 0 Å². The van der Waals surface area contributed by atoms with Crippen LogP contribution in [0.15, 0.2) is 62.9 Å². The first kappa shape index (κ1) is 14.1. The van der Waals surface area contributed by atoms with Gasteiger partial charge < -0.3 is 4.42 Å². The van der Waals surface area contributed by atoms with Gasteiger partial charge in [0.25, 0.3) is 0 Å². The number of pyridine rings is 1. The van der Waals surface area contributed by atoms with Crippen LogP contribution in [0, 0.1) is 0 Å². The normalized spacial score (nSPS) is 12.2. The van der Waals surface area contributed by atoms with Gasteiger partial charge in [-0.15, -0.1) is 5.10 Å². The molecule has 0 saturated heterocycles. The summed E-state index contributed by atoms with van der Waals surface area (Å²) in [5.41, 5.74) is 1.64. The summed E-state index contributed by atoms with van der Waals surface area (Å²) in [7, 11) is -1.38. The molecule has 0 aliphatic rings. The number of halogens is 1. The molecule has 0 saturated carbocycles. The lowest BCUT2D eigenvalue weighted by atomic mass is 10.2. The second-order valence-electron chi connectivity index (χ2n) is 4.23. The third kappa shape index (κ3) is 3.43. The predicted molar refractivity (Wildman–Crippen MR) is 81.8 cm³/mol. The Balaban J connectivity index is 1.80. The molecule has 0 bridgehead atoms. The van der Waals surface area contributed by atoms with E-state index in [0.717, 1.165) is 15.6 Å². The van der Waals surface area contributed by atoms with Gasteiger partial charge in [-0.25, -0.2) is 4.21 Å². The molecular weight excluding hydrogens is 354 g/mol. The number of rotatable bonds is 4. The van der Waals surface area contributed by atoms with Gasteiger partial charge in [-0.05, 0) is 29.8 Å². The monoisotopic (exact) mass is 363 g/mol. The molecule has 106 valence electrons. The van der Waals surface area contributed by atoms with Crippen LogP contribution in [0.25, 0.3) is 11.5 Å². The Morgan fingerprint density at radius 2 is 2.10 bits per heavy atom. The van der Waals surface area contributed by atoms with Gasteiger partial charge >= 0.3 is 5.22 Å². The molecule has 21 heavy (non-hydrogen) atoms. The lowest BCUT2D eigenvalue weighted by Crippen LogP contribution is -1.97. The van der Waals surface area contributed by atoms with Crippen molar-refractivity contribution in [1.29, 1.82) is 0 Å². The topological polar surface area (TPSA) is 68.9 Å². The Kier molecular flexibility index (Phi) is 4.21. The largest absolute Gasteiger partial charge is 0.409 e. The Morgan fingerprint density at radius 1 is 1.19 bits per heavy atom. The van der Waals surface area contributed by atoms with Gasteiger partial charge in [0.2, 0.25) is 5.89 Å². The van der Waals surface area contributed by atoms with Crippen LogP contribution in [0.5, 0.6) is 0 Å². The van der Waals surface area contributed by atoms with E-state index in [2.05, 4.69) is 31.1 Å². The highest BCUT2D eigenvalue weighted by atomic mass is 79.9. The van der Waals surface area contributed by atoms with Crippen molar-refractivity contribution < 1.29 is 8.63 Å². The zero-order chi connectivity index (χ0) is 14.7. The van der Waals surface area contributed by atoms with E-state index in [1.54, 1.807) is 18.5 Å². The molecular formula is C14H10BrN3O2S. The van der Waals surface area contributed by atoms with Gasteiger partial charge in [0.05, 0.1) is 5.75 Å². The molecule has 5 nitrogen and oxygen atoms in total. The summed E-state index contributed by atoms with van der Waals surface area (Å²) in [5, 5.41) is 7.93. The zero-order valence-electron chi connectivity index (χ0n) is 10.8. The Morgan fingerprint density at radius 3 is 2.86 bits per heavy atom. The fourth-order valence-electron chi connectivity index (χ4n) is 1.74. The van der Waals surface area contributed by atoms with E-state index in [4.69, 9.17) is 4.42 Å². The molecule has 0 fully saturated rings. The van der Waals surface area contributed by atoms with E-state index in [9.17, 15) is 4.21 Å². The molecule has 0 N–H and O–H groups in total. The van der Waals surface area contributed by atoms with Crippen LogP contribution in [-0.4, -0.2) is 19.4 Å². The molecule has 1 atom stereocenters. The van der Waals surface area contributed by atoms with Crippen molar-refractivity contribution in [2.24, 2.45) is 0 Å². The molecule has 1 aromatic carbocycles. The maximum absolute atomic E-state index is 12.2. The van der Waals surface area contributed by atoms with Crippen LogP contribution in [0.2, 0.25) is 0 Å². The Hall–Kier alpha value is -1.86. The summed E-state index contributed by atoms with van der Waals surface area (Å²) in [6, 6.07) is 11.1. The molecule has 2 aromatic heterocycles. The van der Waals surface area contributed by atoms with Crippen LogP contribution in [0.1, 0.15) is 5.56 Å². The minimum Gasteiger partial charge on any atom is -0.409 e. The summed E-state index contributed by atoms with van der Waals surface area (Å²) < 4.78 is 18.6. The molecule has 0 amide bonds. The quantitative estimate of drug-likeness (QED) is 0.711. The van der Waals surface area contributed by atoms with E-state index >= 15 is 0 Å². The maximum Gasteiger partial charge on any atom is 0.308 e. The highest BCUT2D eigenvalue weighted by Crippen LogP contribution is 2.23. The van der Waals surface area contributed by atoms with Crippen molar-refractivity contribution in [2.75, 3.05) is 0 Å². The number of hydrogen-bond acceptors (Lipinski definition) is 5. The predicted octanol–water partition coefficient (Wildman–Crippen LogP) is 3.20. The van der Waals surface area contributed by atoms with Crippen molar-refractivity contribution in [3.63, 3.8) is 0 Å². The first-order valence-corrected chi connectivity index (χ1v) is 8.20. The molecule has 1 unspecified atom stereocenters. The van der Waals surface area contributed by atoms with E-state index in [0.29, 0.717) is 11.6 Å². The number of aromatic nitrogens is 3. The van der Waals surface area contributed by atoms with Gasteiger partial charge in [-0.2, -0.15) is 0 Å². The number of hydrogen-bond donors (Lipinski definition) is 0. The van der Waals surface area contributed by atoms with E-state index < -0.39 is 10.8 Å². The third-order valence-electron chi connectivity index (χ3n) is 2.69. The molecule has 0 aliphatic heterocycles. The van der Waals surface area contributed by atoms with Gasteiger partial charge in [-0.1, -0.05) is 33.2 Å². The second-order valence-corrected chi connectivity index (χ2v) is 6.48. The molecule has 3 rings (SSSR count). The molecule has 2 heterocycles. The summed E-state index contributed by atoms with van der Waals surface area (Å²) in [5.74, 6) is 0.652. The van der Waals surface area contributed by atoms with Crippen LogP contribution < -0.4 is 0 Å². The lowest BCUT2D eigenvalue weighted by Gasteiger charge is -1.97. The van der Waals surface area contributed by atoms with E-state index in [-0.39, 0.29) is 5.22 Å². The van der Waals surface area contributed by atoms with Gasteiger partial charge in [0.15, 0.2) is 0 Å². The molecule has 0 spiro atoms. The Labute approximate surface area is 132 Å². The third-order valence-corrected chi connectivity index (χ3v) is 4.34. The smallest absolute Gasteiger partial charge is 0.308 e. The standard InChI is InChI=1S/C14H10BrN3O2S/c15-12-5-1-4-11(7-12)13-17-18-14(20-13)21(19)9-10-3-2-6-16-8-10/h1-8H,9H2. The zero-order valence-corrected chi connectivity index (χ0v) is 13.2. The van der Waals surface area contributed by atoms with Crippen LogP contribution in [0.4, 0.5) is 0 Å². The van der Waals surface area contributed by atoms with Crippen molar-refractivity contribution in [2.45, 2.75) is 11.0 Å².